The summed E-state index contributed by atoms with van der Waals surface area (Å²) in [6.07, 6.45) is 4.02. The van der Waals surface area contributed by atoms with Gasteiger partial charge in [0.25, 0.3) is 5.91 Å². The van der Waals surface area contributed by atoms with Gasteiger partial charge in [-0.05, 0) is 60.4 Å². The van der Waals surface area contributed by atoms with Gasteiger partial charge in [0.1, 0.15) is 5.75 Å². The second-order valence-corrected chi connectivity index (χ2v) is 8.62. The molecule has 0 aliphatic carbocycles. The summed E-state index contributed by atoms with van der Waals surface area (Å²) in [5.41, 5.74) is 4.87. The predicted molar refractivity (Wildman–Crippen MR) is 123 cm³/mol. The molecule has 0 fully saturated rings. The molecule has 1 heterocycles. The SMILES string of the molecule is CSc1ccc(C)c(/C=C(\C)C(=O)N2C[C@@H](C)c3c2cc(O)c2ccccc32)c1. The minimum atomic E-state index is -0.0146. The number of fused-ring (bicyclic) bond motifs is 3. The molecule has 4 rings (SSSR count). The van der Waals surface area contributed by atoms with Gasteiger partial charge < -0.3 is 10.0 Å². The van der Waals surface area contributed by atoms with Gasteiger partial charge in [-0.1, -0.05) is 37.3 Å². The van der Waals surface area contributed by atoms with Gasteiger partial charge in [-0.3, -0.25) is 4.79 Å². The van der Waals surface area contributed by atoms with Crippen molar-refractivity contribution in [2.24, 2.45) is 0 Å². The first-order valence-corrected chi connectivity index (χ1v) is 11.0. The standard InChI is InChI=1S/C25H25NO2S/c1-15-9-10-19(29-4)12-18(15)11-16(2)25(28)26-14-17(3)24-21-8-6-5-7-20(21)23(27)13-22(24)26/h5-13,17,27H,14H2,1-4H3/b16-11+/t17-/m1/s1. The molecule has 0 unspecified atom stereocenters. The summed E-state index contributed by atoms with van der Waals surface area (Å²) >= 11 is 1.69. The maximum atomic E-state index is 13.3. The quantitative estimate of drug-likeness (QED) is 0.422. The Morgan fingerprint density at radius 3 is 2.62 bits per heavy atom. The summed E-state index contributed by atoms with van der Waals surface area (Å²) in [7, 11) is 0. The van der Waals surface area contributed by atoms with Gasteiger partial charge in [-0.2, -0.15) is 0 Å². The number of aromatic hydroxyl groups is 1. The molecule has 0 saturated carbocycles. The average Bonchev–Trinajstić information content (AvgIpc) is 3.05. The van der Waals surface area contributed by atoms with E-state index < -0.39 is 0 Å². The number of phenolic OH excluding ortho intramolecular Hbond substituents is 1. The van der Waals surface area contributed by atoms with E-state index in [1.807, 2.05) is 42.2 Å². The number of benzene rings is 3. The van der Waals surface area contributed by atoms with Crippen LogP contribution in [-0.2, 0) is 4.79 Å². The summed E-state index contributed by atoms with van der Waals surface area (Å²) < 4.78 is 0. The topological polar surface area (TPSA) is 40.5 Å². The lowest BCUT2D eigenvalue weighted by Gasteiger charge is -2.19. The first-order chi connectivity index (χ1) is 13.9. The summed E-state index contributed by atoms with van der Waals surface area (Å²) in [4.78, 5) is 16.3. The number of aryl methyl sites for hydroxylation is 1. The largest absolute Gasteiger partial charge is 0.507 e. The van der Waals surface area contributed by atoms with Crippen molar-refractivity contribution >= 4 is 40.2 Å². The number of amides is 1. The van der Waals surface area contributed by atoms with Crippen LogP contribution in [0.1, 0.15) is 36.5 Å². The Balaban J connectivity index is 1.75. The van der Waals surface area contributed by atoms with E-state index in [2.05, 4.69) is 38.3 Å². The molecule has 0 radical (unpaired) electrons. The van der Waals surface area contributed by atoms with Crippen LogP contribution in [0, 0.1) is 6.92 Å². The monoisotopic (exact) mass is 403 g/mol. The summed E-state index contributed by atoms with van der Waals surface area (Å²) in [6, 6.07) is 15.9. The summed E-state index contributed by atoms with van der Waals surface area (Å²) in [5.74, 6) is 0.421. The van der Waals surface area contributed by atoms with E-state index in [0.29, 0.717) is 12.1 Å². The van der Waals surface area contributed by atoms with Gasteiger partial charge >= 0.3 is 0 Å². The number of hydrogen-bond donors (Lipinski definition) is 1. The molecule has 148 valence electrons. The van der Waals surface area contributed by atoms with E-state index in [1.54, 1.807) is 17.8 Å². The van der Waals surface area contributed by atoms with Crippen LogP contribution in [0.25, 0.3) is 16.8 Å². The molecule has 1 aliphatic heterocycles. The van der Waals surface area contributed by atoms with Crippen LogP contribution in [0.5, 0.6) is 5.75 Å². The van der Waals surface area contributed by atoms with Crippen molar-refractivity contribution in [3.63, 3.8) is 0 Å². The van der Waals surface area contributed by atoms with Crippen molar-refractivity contribution in [1.82, 2.24) is 0 Å². The van der Waals surface area contributed by atoms with Crippen LogP contribution in [-0.4, -0.2) is 23.8 Å². The highest BCUT2D eigenvalue weighted by Gasteiger charge is 2.32. The smallest absolute Gasteiger partial charge is 0.253 e. The number of hydrogen-bond acceptors (Lipinski definition) is 3. The van der Waals surface area contributed by atoms with Crippen molar-refractivity contribution in [2.45, 2.75) is 31.6 Å². The predicted octanol–water partition coefficient (Wildman–Crippen LogP) is 6.13. The molecule has 0 saturated heterocycles. The number of carbonyl (C=O) groups excluding carboxylic acids is 1. The second-order valence-electron chi connectivity index (χ2n) is 7.74. The van der Waals surface area contributed by atoms with E-state index in [-0.39, 0.29) is 17.6 Å². The highest BCUT2D eigenvalue weighted by Crippen LogP contribution is 2.45. The molecule has 0 aromatic heterocycles. The number of thioether (sulfide) groups is 1. The molecule has 0 bridgehead atoms. The van der Waals surface area contributed by atoms with E-state index in [1.165, 1.54) is 4.90 Å². The van der Waals surface area contributed by atoms with Crippen LogP contribution < -0.4 is 4.90 Å². The fourth-order valence-corrected chi connectivity index (χ4v) is 4.62. The Kier molecular flexibility index (Phi) is 5.13. The molecular formula is C25H25NO2S. The van der Waals surface area contributed by atoms with Gasteiger partial charge in [0.05, 0.1) is 5.69 Å². The first kappa shape index (κ1) is 19.6. The number of phenols is 1. The normalized spacial score (nSPS) is 16.3. The molecule has 1 aliphatic rings. The van der Waals surface area contributed by atoms with Gasteiger partial charge in [0.2, 0.25) is 0 Å². The lowest BCUT2D eigenvalue weighted by Crippen LogP contribution is -2.30. The van der Waals surface area contributed by atoms with Crippen molar-refractivity contribution < 1.29 is 9.90 Å². The molecule has 1 atom stereocenters. The lowest BCUT2D eigenvalue weighted by molar-refractivity contribution is -0.115. The zero-order valence-electron chi connectivity index (χ0n) is 17.2. The average molecular weight is 404 g/mol. The fraction of sp³-hybridized carbons (Fsp3) is 0.240. The van der Waals surface area contributed by atoms with Crippen LogP contribution in [0.2, 0.25) is 0 Å². The Morgan fingerprint density at radius 2 is 1.90 bits per heavy atom. The summed E-state index contributed by atoms with van der Waals surface area (Å²) in [6.45, 7) is 6.69. The maximum Gasteiger partial charge on any atom is 0.253 e. The van der Waals surface area contributed by atoms with Crippen molar-refractivity contribution in [3.8, 4) is 5.75 Å². The van der Waals surface area contributed by atoms with E-state index in [9.17, 15) is 9.90 Å². The fourth-order valence-electron chi connectivity index (χ4n) is 4.17. The van der Waals surface area contributed by atoms with Gasteiger partial charge in [-0.25, -0.2) is 0 Å². The Bertz CT molecular complexity index is 1150. The molecule has 3 aromatic rings. The highest BCUT2D eigenvalue weighted by molar-refractivity contribution is 7.98. The number of anilines is 1. The van der Waals surface area contributed by atoms with Crippen LogP contribution >= 0.6 is 11.8 Å². The number of carbonyl (C=O) groups is 1. The van der Waals surface area contributed by atoms with Crippen molar-refractivity contribution in [2.75, 3.05) is 17.7 Å². The zero-order chi connectivity index (χ0) is 20.7. The second kappa shape index (κ2) is 7.60. The van der Waals surface area contributed by atoms with Gasteiger partial charge in [-0.15, -0.1) is 11.8 Å². The minimum Gasteiger partial charge on any atom is -0.507 e. The third kappa shape index (κ3) is 3.42. The van der Waals surface area contributed by atoms with Crippen LogP contribution in [0.3, 0.4) is 0 Å². The third-order valence-corrected chi connectivity index (χ3v) is 6.45. The van der Waals surface area contributed by atoms with Crippen LogP contribution in [0.4, 0.5) is 5.69 Å². The van der Waals surface area contributed by atoms with Crippen molar-refractivity contribution in [3.05, 3.63) is 70.8 Å². The molecule has 4 heteroatoms. The maximum absolute atomic E-state index is 13.3. The first-order valence-electron chi connectivity index (χ1n) is 9.80. The molecular weight excluding hydrogens is 378 g/mol. The van der Waals surface area contributed by atoms with Gasteiger partial charge in [0.15, 0.2) is 0 Å². The molecule has 1 amide bonds. The molecule has 29 heavy (non-hydrogen) atoms. The molecule has 3 nitrogen and oxygen atoms in total. The molecule has 0 spiro atoms. The minimum absolute atomic E-state index is 0.0146. The lowest BCUT2D eigenvalue weighted by atomic mass is 9.95. The van der Waals surface area contributed by atoms with E-state index >= 15 is 0 Å². The van der Waals surface area contributed by atoms with E-state index in [0.717, 1.165) is 33.2 Å². The molecule has 1 N–H and O–H groups in total. The van der Waals surface area contributed by atoms with Crippen LogP contribution in [0.15, 0.2) is 59.0 Å². The third-order valence-electron chi connectivity index (χ3n) is 5.72. The number of rotatable bonds is 3. The zero-order valence-corrected chi connectivity index (χ0v) is 18.0. The van der Waals surface area contributed by atoms with Crippen molar-refractivity contribution in [1.29, 1.82) is 0 Å². The Labute approximate surface area is 176 Å². The number of nitrogens with zero attached hydrogens (tertiary/aromatic N) is 1. The van der Waals surface area contributed by atoms with E-state index in [4.69, 9.17) is 0 Å². The Hall–Kier alpha value is -2.72. The summed E-state index contributed by atoms with van der Waals surface area (Å²) in [5, 5.41) is 12.4. The highest BCUT2D eigenvalue weighted by atomic mass is 32.2. The Morgan fingerprint density at radius 1 is 1.17 bits per heavy atom. The van der Waals surface area contributed by atoms with Gasteiger partial charge in [0, 0.05) is 34.4 Å². The molecule has 3 aromatic carbocycles.